The maximum Gasteiger partial charge on any atom is 0.137 e. The molecule has 3 nitrogen and oxygen atoms in total. The molecule has 0 spiro atoms. The number of hydrogen-bond acceptors (Lipinski definition) is 2. The molecule has 0 amide bonds. The van der Waals surface area contributed by atoms with Gasteiger partial charge >= 0.3 is 0 Å². The molecule has 38 heavy (non-hydrogen) atoms. The summed E-state index contributed by atoms with van der Waals surface area (Å²) in [7, 11) is 0. The van der Waals surface area contributed by atoms with Gasteiger partial charge in [-0.15, -0.1) is 0 Å². The highest BCUT2D eigenvalue weighted by Crippen LogP contribution is 2.51. The van der Waals surface area contributed by atoms with Gasteiger partial charge in [0.2, 0.25) is 0 Å². The molecule has 3 aromatic carbocycles. The van der Waals surface area contributed by atoms with E-state index in [2.05, 4.69) is 116 Å². The number of rotatable bonds is 3. The molecule has 0 atom stereocenters. The Labute approximate surface area is 223 Å². The van der Waals surface area contributed by atoms with Crippen LogP contribution in [0.5, 0.6) is 0 Å². The molecule has 0 N–H and O–H groups in total. The van der Waals surface area contributed by atoms with Gasteiger partial charge in [-0.25, -0.2) is 4.98 Å². The standard InChI is InChI=1S/C35H31N3/c1-34(2)26-15-10-14-24-25-20-23(37(22-12-6-5-7-13-22)30-18-8-9-19-36-30)21-29-32(25)38(31(24)26)33-27(34)16-11-17-28(33)35(29,3)4/h5-9,11-14,16-21H,10,15H2,1-4H3. The summed E-state index contributed by atoms with van der Waals surface area (Å²) in [5.41, 5.74) is 10.8. The third kappa shape index (κ3) is 2.61. The Balaban J connectivity index is 1.56. The second kappa shape index (κ2) is 7.26. The number of aromatic nitrogens is 2. The van der Waals surface area contributed by atoms with Gasteiger partial charge in [0.15, 0.2) is 0 Å². The Morgan fingerprint density at radius 3 is 2.29 bits per heavy atom. The zero-order valence-corrected chi connectivity index (χ0v) is 22.4. The summed E-state index contributed by atoms with van der Waals surface area (Å²) in [6, 6.07) is 28.6. The summed E-state index contributed by atoms with van der Waals surface area (Å²) in [6.07, 6.45) is 6.58. The lowest BCUT2D eigenvalue weighted by Crippen LogP contribution is -2.45. The van der Waals surface area contributed by atoms with Crippen molar-refractivity contribution in [2.75, 3.05) is 4.90 Å². The lowest BCUT2D eigenvalue weighted by atomic mass is 9.68. The van der Waals surface area contributed by atoms with Gasteiger partial charge < -0.3 is 4.57 Å². The van der Waals surface area contributed by atoms with E-state index in [4.69, 9.17) is 4.98 Å². The monoisotopic (exact) mass is 493 g/mol. The Hall–Kier alpha value is -4.11. The van der Waals surface area contributed by atoms with Gasteiger partial charge in [0.05, 0.1) is 16.6 Å². The molecule has 0 fully saturated rings. The molecule has 1 aliphatic carbocycles. The molecule has 0 bridgehead atoms. The summed E-state index contributed by atoms with van der Waals surface area (Å²) < 4.78 is 2.63. The topological polar surface area (TPSA) is 21.1 Å². The van der Waals surface area contributed by atoms with Crippen LogP contribution < -0.4 is 15.5 Å². The van der Waals surface area contributed by atoms with E-state index < -0.39 is 0 Å². The predicted octanol–water partition coefficient (Wildman–Crippen LogP) is 7.15. The van der Waals surface area contributed by atoms with Crippen LogP contribution >= 0.6 is 0 Å². The first kappa shape index (κ1) is 21.9. The second-order valence-corrected chi connectivity index (χ2v) is 12.0. The zero-order chi connectivity index (χ0) is 25.8. The first-order valence-corrected chi connectivity index (χ1v) is 13.7. The van der Waals surface area contributed by atoms with Crippen LogP contribution in [0.4, 0.5) is 17.2 Å². The van der Waals surface area contributed by atoms with E-state index in [1.54, 1.807) is 5.57 Å². The zero-order valence-electron chi connectivity index (χ0n) is 22.4. The van der Waals surface area contributed by atoms with Crippen LogP contribution in [-0.2, 0) is 10.8 Å². The summed E-state index contributed by atoms with van der Waals surface area (Å²) in [6.45, 7) is 9.67. The summed E-state index contributed by atoms with van der Waals surface area (Å²) >= 11 is 0. The molecule has 0 radical (unpaired) electrons. The van der Waals surface area contributed by atoms with Crippen molar-refractivity contribution in [1.82, 2.24) is 9.55 Å². The number of pyridine rings is 1. The van der Waals surface area contributed by atoms with Gasteiger partial charge in [-0.1, -0.05) is 76.2 Å². The number of hydrogen-bond donors (Lipinski definition) is 0. The molecular weight excluding hydrogens is 462 g/mol. The smallest absolute Gasteiger partial charge is 0.137 e. The van der Waals surface area contributed by atoms with Crippen LogP contribution in [-0.4, -0.2) is 9.55 Å². The van der Waals surface area contributed by atoms with Crippen LogP contribution in [0.3, 0.4) is 0 Å². The van der Waals surface area contributed by atoms with E-state index in [0.29, 0.717) is 0 Å². The van der Waals surface area contributed by atoms with Crippen LogP contribution in [0.2, 0.25) is 0 Å². The van der Waals surface area contributed by atoms with E-state index in [1.807, 2.05) is 12.3 Å². The van der Waals surface area contributed by atoms with Crippen molar-refractivity contribution in [2.24, 2.45) is 0 Å². The van der Waals surface area contributed by atoms with Gasteiger partial charge in [0.25, 0.3) is 0 Å². The molecule has 8 rings (SSSR count). The molecule has 0 saturated heterocycles. The molecule has 4 heterocycles. The minimum absolute atomic E-state index is 0.0131. The Kier molecular flexibility index (Phi) is 4.19. The molecule has 3 aliphatic rings. The van der Waals surface area contributed by atoms with Crippen molar-refractivity contribution in [3.8, 4) is 5.69 Å². The molecule has 2 aliphatic heterocycles. The summed E-state index contributed by atoms with van der Waals surface area (Å²) in [4.78, 5) is 7.10. The van der Waals surface area contributed by atoms with Crippen LogP contribution in [0.15, 0.2) is 85.1 Å². The molecular formula is C35H31N3. The highest BCUT2D eigenvalue weighted by Gasteiger charge is 2.43. The van der Waals surface area contributed by atoms with Crippen LogP contribution in [0, 0.1) is 0 Å². The SMILES string of the molecule is CC1(C)C2=c3c(c4cc(N(c5ccccc5)c5ccccn5)cc5c4n3-c3c1cccc3C5(C)C)=CCC2. The quantitative estimate of drug-likeness (QED) is 0.266. The number of nitrogens with zero attached hydrogens (tertiary/aromatic N) is 3. The van der Waals surface area contributed by atoms with Crippen LogP contribution in [0.25, 0.3) is 28.2 Å². The number of benzene rings is 3. The van der Waals surface area contributed by atoms with E-state index in [0.717, 1.165) is 30.0 Å². The van der Waals surface area contributed by atoms with Crippen molar-refractivity contribution < 1.29 is 0 Å². The molecule has 186 valence electrons. The Bertz CT molecular complexity index is 1870. The van der Waals surface area contributed by atoms with Crippen molar-refractivity contribution in [3.05, 3.63) is 112 Å². The van der Waals surface area contributed by atoms with Crippen LogP contribution in [0.1, 0.15) is 57.2 Å². The molecule has 0 saturated carbocycles. The number of anilines is 3. The minimum atomic E-state index is -0.142. The maximum atomic E-state index is 4.79. The van der Waals surface area contributed by atoms with Crippen molar-refractivity contribution in [1.29, 1.82) is 0 Å². The van der Waals surface area contributed by atoms with Crippen molar-refractivity contribution >= 4 is 39.7 Å². The average Bonchev–Trinajstić information content (AvgIpc) is 3.27. The highest BCUT2D eigenvalue weighted by molar-refractivity contribution is 5.97. The third-order valence-corrected chi connectivity index (χ3v) is 9.30. The summed E-state index contributed by atoms with van der Waals surface area (Å²) in [5.74, 6) is 0.927. The molecule has 5 aromatic rings. The number of para-hydroxylation sites is 2. The highest BCUT2D eigenvalue weighted by atomic mass is 15.2. The third-order valence-electron chi connectivity index (χ3n) is 9.30. The lowest BCUT2D eigenvalue weighted by molar-refractivity contribution is 0.591. The molecule has 2 aromatic heterocycles. The fraction of sp³-hybridized carbons (Fsp3) is 0.229. The minimum Gasteiger partial charge on any atom is -0.308 e. The fourth-order valence-corrected chi connectivity index (χ4v) is 7.42. The fourth-order valence-electron chi connectivity index (χ4n) is 7.42. The predicted molar refractivity (Wildman–Crippen MR) is 157 cm³/mol. The van der Waals surface area contributed by atoms with Gasteiger partial charge in [0, 0.05) is 39.0 Å². The molecule has 0 unspecified atom stereocenters. The largest absolute Gasteiger partial charge is 0.308 e. The maximum absolute atomic E-state index is 4.79. The first-order valence-electron chi connectivity index (χ1n) is 13.7. The van der Waals surface area contributed by atoms with Gasteiger partial charge in [-0.05, 0) is 71.5 Å². The van der Waals surface area contributed by atoms with Gasteiger partial charge in [-0.2, -0.15) is 0 Å². The average molecular weight is 494 g/mol. The second-order valence-electron chi connectivity index (χ2n) is 12.0. The van der Waals surface area contributed by atoms with E-state index in [9.17, 15) is 0 Å². The van der Waals surface area contributed by atoms with Crippen molar-refractivity contribution in [3.63, 3.8) is 0 Å². The van der Waals surface area contributed by atoms with E-state index >= 15 is 0 Å². The molecule has 3 heteroatoms. The normalized spacial score (nSPS) is 17.3. The van der Waals surface area contributed by atoms with Gasteiger partial charge in [0.1, 0.15) is 5.82 Å². The Morgan fingerprint density at radius 1 is 0.763 bits per heavy atom. The Morgan fingerprint density at radius 2 is 1.53 bits per heavy atom. The van der Waals surface area contributed by atoms with Crippen molar-refractivity contribution in [2.45, 2.75) is 51.4 Å². The summed E-state index contributed by atoms with van der Waals surface area (Å²) in [5, 5.41) is 4.20. The number of fused-ring (bicyclic) bond motifs is 1. The van der Waals surface area contributed by atoms with Gasteiger partial charge in [-0.3, -0.25) is 4.90 Å². The van der Waals surface area contributed by atoms with E-state index in [1.165, 1.54) is 43.8 Å². The lowest BCUT2D eigenvalue weighted by Gasteiger charge is -2.42. The van der Waals surface area contributed by atoms with E-state index in [-0.39, 0.29) is 10.8 Å². The first-order chi connectivity index (χ1) is 18.4.